The third kappa shape index (κ3) is 2.06. The summed E-state index contributed by atoms with van der Waals surface area (Å²) in [6.45, 7) is 1.99. The zero-order valence-electron chi connectivity index (χ0n) is 9.12. The number of carbonyl (C=O) groups is 1. The van der Waals surface area contributed by atoms with Crippen LogP contribution in [0.3, 0.4) is 0 Å². The molecular weight excluding hydrogens is 241 g/mol. The lowest BCUT2D eigenvalue weighted by molar-refractivity contribution is 0.0525. The van der Waals surface area contributed by atoms with E-state index in [1.807, 2.05) is 0 Å². The van der Waals surface area contributed by atoms with Crippen LogP contribution >= 0.6 is 12.2 Å². The first-order valence-electron chi connectivity index (χ1n) is 5.12. The second-order valence-corrected chi connectivity index (χ2v) is 3.82. The standard InChI is InChI=1S/C12H10FNO2S/c1-2-16-12(15)8-6-14-10-7(11(8)17)4-3-5-9(10)13/h3-6H,2H2,1H3,(H,14,17). The van der Waals surface area contributed by atoms with Crippen LogP contribution in [0.25, 0.3) is 10.9 Å². The molecule has 1 aromatic heterocycles. The molecule has 0 aliphatic rings. The molecule has 1 aromatic carbocycles. The first-order chi connectivity index (χ1) is 8.15. The van der Waals surface area contributed by atoms with Crippen LogP contribution in [0, 0.1) is 10.3 Å². The van der Waals surface area contributed by atoms with Crippen molar-refractivity contribution in [1.82, 2.24) is 4.98 Å². The number of hydrogen-bond donors (Lipinski definition) is 1. The van der Waals surface area contributed by atoms with Gasteiger partial charge in [0.1, 0.15) is 5.82 Å². The lowest BCUT2D eigenvalue weighted by Gasteiger charge is -2.05. The van der Waals surface area contributed by atoms with E-state index in [1.54, 1.807) is 19.1 Å². The molecule has 0 bridgehead atoms. The summed E-state index contributed by atoms with van der Waals surface area (Å²) in [6, 6.07) is 4.55. The van der Waals surface area contributed by atoms with Crippen LogP contribution in [-0.4, -0.2) is 17.6 Å². The second kappa shape index (κ2) is 4.63. The van der Waals surface area contributed by atoms with Gasteiger partial charge in [0.25, 0.3) is 0 Å². The number of para-hydroxylation sites is 1. The van der Waals surface area contributed by atoms with E-state index in [4.69, 9.17) is 17.0 Å². The van der Waals surface area contributed by atoms with E-state index in [0.29, 0.717) is 15.4 Å². The van der Waals surface area contributed by atoms with Crippen LogP contribution in [-0.2, 0) is 4.74 Å². The first-order valence-corrected chi connectivity index (χ1v) is 5.53. The molecule has 0 radical (unpaired) electrons. The van der Waals surface area contributed by atoms with Crippen LogP contribution in [0.4, 0.5) is 4.39 Å². The predicted octanol–water partition coefficient (Wildman–Crippen LogP) is 3.21. The zero-order valence-corrected chi connectivity index (χ0v) is 9.94. The Kier molecular flexibility index (Phi) is 3.19. The average Bonchev–Trinajstić information content (AvgIpc) is 2.31. The fourth-order valence-corrected chi connectivity index (χ4v) is 1.89. The van der Waals surface area contributed by atoms with Crippen molar-refractivity contribution < 1.29 is 13.9 Å². The summed E-state index contributed by atoms with van der Waals surface area (Å²) in [6.07, 6.45) is 1.38. The Labute approximate surface area is 102 Å². The summed E-state index contributed by atoms with van der Waals surface area (Å²) in [4.78, 5) is 14.3. The average molecular weight is 251 g/mol. The topological polar surface area (TPSA) is 42.1 Å². The van der Waals surface area contributed by atoms with E-state index < -0.39 is 11.8 Å². The van der Waals surface area contributed by atoms with Crippen molar-refractivity contribution in [2.75, 3.05) is 6.61 Å². The number of carbonyl (C=O) groups excluding carboxylic acids is 1. The first kappa shape index (κ1) is 11.7. The maximum absolute atomic E-state index is 13.5. The summed E-state index contributed by atoms with van der Waals surface area (Å²) in [5.41, 5.74) is 0.547. The minimum Gasteiger partial charge on any atom is -0.462 e. The molecule has 0 spiro atoms. The third-order valence-electron chi connectivity index (χ3n) is 2.36. The van der Waals surface area contributed by atoms with Gasteiger partial charge < -0.3 is 9.72 Å². The van der Waals surface area contributed by atoms with Crippen LogP contribution in [0.15, 0.2) is 24.4 Å². The number of rotatable bonds is 2. The number of pyridine rings is 1. The molecule has 0 saturated heterocycles. The largest absolute Gasteiger partial charge is 0.462 e. The summed E-state index contributed by atoms with van der Waals surface area (Å²) in [7, 11) is 0. The summed E-state index contributed by atoms with van der Waals surface area (Å²) in [5, 5.41) is 0.505. The van der Waals surface area contributed by atoms with Crippen molar-refractivity contribution in [2.45, 2.75) is 6.92 Å². The maximum atomic E-state index is 13.5. The number of hydrogen-bond acceptors (Lipinski definition) is 3. The number of benzene rings is 1. The molecular formula is C12H10FNO2S. The number of H-pyrrole nitrogens is 1. The molecule has 1 N–H and O–H groups in total. The van der Waals surface area contributed by atoms with Crippen molar-refractivity contribution in [3.05, 3.63) is 40.3 Å². The maximum Gasteiger partial charge on any atom is 0.341 e. The van der Waals surface area contributed by atoms with Crippen molar-refractivity contribution in [2.24, 2.45) is 0 Å². The Morgan fingerprint density at radius 3 is 3.00 bits per heavy atom. The van der Waals surface area contributed by atoms with E-state index in [-0.39, 0.29) is 12.2 Å². The molecule has 0 fully saturated rings. The Morgan fingerprint density at radius 1 is 1.53 bits per heavy atom. The molecule has 0 atom stereocenters. The Hall–Kier alpha value is -1.75. The fraction of sp³-hybridized carbons (Fsp3) is 0.167. The molecule has 1 heterocycles. The van der Waals surface area contributed by atoms with Gasteiger partial charge >= 0.3 is 5.97 Å². The van der Waals surface area contributed by atoms with Gasteiger partial charge in [-0.05, 0) is 13.0 Å². The number of esters is 1. The molecule has 0 amide bonds. The van der Waals surface area contributed by atoms with Gasteiger partial charge in [-0.25, -0.2) is 9.18 Å². The number of halogens is 1. The molecule has 0 saturated carbocycles. The monoisotopic (exact) mass is 251 g/mol. The molecule has 17 heavy (non-hydrogen) atoms. The summed E-state index contributed by atoms with van der Waals surface area (Å²) < 4.78 is 18.6. The molecule has 0 aliphatic heterocycles. The van der Waals surface area contributed by atoms with E-state index in [1.165, 1.54) is 12.3 Å². The highest BCUT2D eigenvalue weighted by molar-refractivity contribution is 7.71. The number of ether oxygens (including phenoxy) is 1. The van der Waals surface area contributed by atoms with E-state index >= 15 is 0 Å². The lowest BCUT2D eigenvalue weighted by Crippen LogP contribution is -2.06. The smallest absolute Gasteiger partial charge is 0.341 e. The Balaban J connectivity index is 2.67. The molecule has 0 aliphatic carbocycles. The number of aromatic nitrogens is 1. The van der Waals surface area contributed by atoms with Gasteiger partial charge in [0.2, 0.25) is 0 Å². The number of nitrogens with one attached hydrogen (secondary N) is 1. The molecule has 3 nitrogen and oxygen atoms in total. The van der Waals surface area contributed by atoms with E-state index in [2.05, 4.69) is 4.98 Å². The molecule has 2 rings (SSSR count). The van der Waals surface area contributed by atoms with Crippen molar-refractivity contribution in [1.29, 1.82) is 0 Å². The number of fused-ring (bicyclic) bond motifs is 1. The minimum absolute atomic E-state index is 0.250. The molecule has 88 valence electrons. The van der Waals surface area contributed by atoms with Crippen LogP contribution in [0.2, 0.25) is 0 Å². The third-order valence-corrected chi connectivity index (χ3v) is 2.80. The quantitative estimate of drug-likeness (QED) is 0.658. The van der Waals surface area contributed by atoms with Crippen LogP contribution < -0.4 is 0 Å². The Morgan fingerprint density at radius 2 is 2.29 bits per heavy atom. The lowest BCUT2D eigenvalue weighted by atomic mass is 10.1. The predicted molar refractivity (Wildman–Crippen MR) is 65.0 cm³/mol. The molecule has 2 aromatic rings. The Bertz CT molecular complexity index is 636. The van der Waals surface area contributed by atoms with E-state index in [0.717, 1.165) is 0 Å². The van der Waals surface area contributed by atoms with Gasteiger partial charge in [0.15, 0.2) is 0 Å². The van der Waals surface area contributed by atoms with E-state index in [9.17, 15) is 9.18 Å². The van der Waals surface area contributed by atoms with Crippen molar-refractivity contribution >= 4 is 29.1 Å². The van der Waals surface area contributed by atoms with Gasteiger partial charge in [-0.2, -0.15) is 0 Å². The van der Waals surface area contributed by atoms with Crippen molar-refractivity contribution in [3.8, 4) is 0 Å². The van der Waals surface area contributed by atoms with Gasteiger partial charge in [0.05, 0.1) is 22.2 Å². The highest BCUT2D eigenvalue weighted by Gasteiger charge is 2.12. The second-order valence-electron chi connectivity index (χ2n) is 3.41. The van der Waals surface area contributed by atoms with Gasteiger partial charge in [-0.15, -0.1) is 0 Å². The normalized spacial score (nSPS) is 10.5. The summed E-state index contributed by atoms with van der Waals surface area (Å²) in [5.74, 6) is -0.899. The summed E-state index contributed by atoms with van der Waals surface area (Å²) >= 11 is 5.16. The fourth-order valence-electron chi connectivity index (χ4n) is 1.58. The van der Waals surface area contributed by atoms with Gasteiger partial charge in [0, 0.05) is 11.6 Å². The number of aromatic amines is 1. The van der Waals surface area contributed by atoms with Gasteiger partial charge in [-0.1, -0.05) is 24.4 Å². The molecule has 5 heteroatoms. The highest BCUT2D eigenvalue weighted by Crippen LogP contribution is 2.19. The molecule has 0 unspecified atom stereocenters. The highest BCUT2D eigenvalue weighted by atomic mass is 32.1. The van der Waals surface area contributed by atoms with Crippen LogP contribution in [0.1, 0.15) is 17.3 Å². The SMILES string of the molecule is CCOC(=O)c1c[nH]c2c(F)cccc2c1=S. The van der Waals surface area contributed by atoms with Crippen LogP contribution in [0.5, 0.6) is 0 Å². The van der Waals surface area contributed by atoms with Crippen molar-refractivity contribution in [3.63, 3.8) is 0 Å². The zero-order chi connectivity index (χ0) is 12.4. The van der Waals surface area contributed by atoms with Gasteiger partial charge in [-0.3, -0.25) is 0 Å². The minimum atomic E-state index is -0.500.